The normalized spacial score (nSPS) is 12.2. The number of hydrogen-bond acceptors (Lipinski definition) is 7. The third-order valence-corrected chi connectivity index (χ3v) is 3.56. The summed E-state index contributed by atoms with van der Waals surface area (Å²) < 4.78 is 10.1. The van der Waals surface area contributed by atoms with Gasteiger partial charge in [0.2, 0.25) is 11.7 Å². The summed E-state index contributed by atoms with van der Waals surface area (Å²) in [7, 11) is 1.36. The smallest absolute Gasteiger partial charge is 0.328 e. The van der Waals surface area contributed by atoms with Crippen molar-refractivity contribution in [1.29, 1.82) is 0 Å². The van der Waals surface area contributed by atoms with E-state index < -0.39 is 29.8 Å². The molecule has 0 unspecified atom stereocenters. The molecule has 1 aromatic heterocycles. The van der Waals surface area contributed by atoms with Crippen LogP contribution in [0, 0.1) is 0 Å². The lowest BCUT2D eigenvalue weighted by molar-refractivity contribution is -0.149. The molecular formula is C17H23N5O5. The van der Waals surface area contributed by atoms with Gasteiger partial charge in [0.15, 0.2) is 0 Å². The number of hydrogen-bond donors (Lipinski definition) is 2. The van der Waals surface area contributed by atoms with Crippen molar-refractivity contribution in [2.24, 2.45) is 0 Å². The standard InChI is InChI=1S/C17H23N5O5/c1-12(26-2)16(24)22-15(4-3-14(23)11-21-18)17(25)27-10-9-20-13-5-7-19-8-6-13/h5-8,11-12,15H,3-4,9-10H2,1-2H3,(H,19,20)(H,22,24)/t12-,15+/m1/s1. The Kier molecular flexibility index (Phi) is 9.98. The van der Waals surface area contributed by atoms with Gasteiger partial charge in [-0.2, -0.15) is 4.79 Å². The summed E-state index contributed by atoms with van der Waals surface area (Å²) in [6.07, 6.45) is 3.14. The van der Waals surface area contributed by atoms with Crippen molar-refractivity contribution in [2.45, 2.75) is 31.9 Å². The Morgan fingerprint density at radius 3 is 2.67 bits per heavy atom. The van der Waals surface area contributed by atoms with Crippen LogP contribution in [0.25, 0.3) is 5.53 Å². The molecule has 0 aliphatic heterocycles. The second-order valence-electron chi connectivity index (χ2n) is 5.52. The molecule has 0 saturated heterocycles. The van der Waals surface area contributed by atoms with E-state index in [1.54, 1.807) is 24.5 Å². The Hall–Kier alpha value is -3.10. The number of anilines is 1. The predicted molar refractivity (Wildman–Crippen MR) is 96.0 cm³/mol. The molecular weight excluding hydrogens is 354 g/mol. The number of ketones is 1. The van der Waals surface area contributed by atoms with Gasteiger partial charge >= 0.3 is 12.2 Å². The Morgan fingerprint density at radius 1 is 1.33 bits per heavy atom. The van der Waals surface area contributed by atoms with E-state index in [1.807, 2.05) is 0 Å². The molecule has 0 aromatic carbocycles. The number of rotatable bonds is 12. The van der Waals surface area contributed by atoms with E-state index in [1.165, 1.54) is 14.0 Å². The summed E-state index contributed by atoms with van der Waals surface area (Å²) in [6.45, 7) is 1.96. The first kappa shape index (κ1) is 21.9. The van der Waals surface area contributed by atoms with Gasteiger partial charge in [-0.25, -0.2) is 4.79 Å². The zero-order valence-electron chi connectivity index (χ0n) is 15.3. The first-order chi connectivity index (χ1) is 13.0. The highest BCUT2D eigenvalue weighted by Crippen LogP contribution is 2.04. The highest BCUT2D eigenvalue weighted by atomic mass is 16.5. The van der Waals surface area contributed by atoms with Crippen LogP contribution < -0.4 is 10.6 Å². The van der Waals surface area contributed by atoms with Crippen LogP contribution in [0.5, 0.6) is 0 Å². The third kappa shape index (κ3) is 8.70. The highest BCUT2D eigenvalue weighted by Gasteiger charge is 2.25. The average molecular weight is 377 g/mol. The summed E-state index contributed by atoms with van der Waals surface area (Å²) in [4.78, 5) is 42.2. The van der Waals surface area contributed by atoms with Crippen molar-refractivity contribution in [3.8, 4) is 0 Å². The topological polar surface area (TPSA) is 143 Å². The lowest BCUT2D eigenvalue weighted by Gasteiger charge is -2.19. The Balaban J connectivity index is 2.55. The number of esters is 1. The van der Waals surface area contributed by atoms with Gasteiger partial charge in [0.25, 0.3) is 0 Å². The maximum Gasteiger partial charge on any atom is 0.328 e. The summed E-state index contributed by atoms with van der Waals surface area (Å²) in [6, 6.07) is 2.52. The minimum atomic E-state index is -1.02. The number of amides is 1. The third-order valence-electron chi connectivity index (χ3n) is 3.56. The van der Waals surface area contributed by atoms with Crippen molar-refractivity contribution in [3.63, 3.8) is 0 Å². The number of pyridine rings is 1. The van der Waals surface area contributed by atoms with Gasteiger partial charge < -0.3 is 25.6 Å². The Morgan fingerprint density at radius 2 is 2.04 bits per heavy atom. The molecule has 146 valence electrons. The first-order valence-electron chi connectivity index (χ1n) is 8.32. The second kappa shape index (κ2) is 12.3. The van der Waals surface area contributed by atoms with E-state index in [4.69, 9.17) is 15.0 Å². The van der Waals surface area contributed by atoms with Crippen LogP contribution in [0.3, 0.4) is 0 Å². The van der Waals surface area contributed by atoms with Crippen molar-refractivity contribution in [2.75, 3.05) is 25.6 Å². The molecule has 0 saturated carbocycles. The Bertz CT molecular complexity index is 676. The lowest BCUT2D eigenvalue weighted by Crippen LogP contribution is -2.46. The van der Waals surface area contributed by atoms with Crippen LogP contribution in [-0.2, 0) is 23.9 Å². The SMILES string of the molecule is CO[C@H](C)C(=O)N[C@@H](CCC(=O)C=[N+]=[N-])C(=O)OCCNc1ccncc1. The van der Waals surface area contributed by atoms with E-state index in [9.17, 15) is 14.4 Å². The minimum Gasteiger partial charge on any atom is -0.462 e. The molecule has 1 amide bonds. The number of ether oxygens (including phenoxy) is 2. The molecule has 0 radical (unpaired) electrons. The molecule has 0 spiro atoms. The van der Waals surface area contributed by atoms with Gasteiger partial charge in [0.1, 0.15) is 18.8 Å². The summed E-state index contributed by atoms with van der Waals surface area (Å²) in [5, 5.41) is 5.55. The number of nitrogens with zero attached hydrogens (tertiary/aromatic N) is 3. The molecule has 10 nitrogen and oxygen atoms in total. The van der Waals surface area contributed by atoms with Crippen LogP contribution in [0.2, 0.25) is 0 Å². The zero-order valence-corrected chi connectivity index (χ0v) is 15.3. The van der Waals surface area contributed by atoms with E-state index in [-0.39, 0.29) is 19.4 Å². The fourth-order valence-electron chi connectivity index (χ4n) is 1.98. The average Bonchev–Trinajstić information content (AvgIpc) is 2.68. The fourth-order valence-corrected chi connectivity index (χ4v) is 1.98. The number of carbonyl (C=O) groups is 3. The first-order valence-corrected chi connectivity index (χ1v) is 8.32. The molecule has 27 heavy (non-hydrogen) atoms. The van der Waals surface area contributed by atoms with Gasteiger partial charge in [-0.1, -0.05) is 0 Å². The molecule has 1 aromatic rings. The monoisotopic (exact) mass is 377 g/mol. The quantitative estimate of drug-likeness (QED) is 0.174. The summed E-state index contributed by atoms with van der Waals surface area (Å²) >= 11 is 0. The molecule has 1 heterocycles. The van der Waals surface area contributed by atoms with Crippen molar-refractivity contribution in [3.05, 3.63) is 30.1 Å². The molecule has 2 N–H and O–H groups in total. The highest BCUT2D eigenvalue weighted by molar-refractivity contribution is 6.25. The maximum atomic E-state index is 12.3. The molecule has 1 rings (SSSR count). The minimum absolute atomic E-state index is 0.00362. The van der Waals surface area contributed by atoms with Crippen LogP contribution in [0.1, 0.15) is 19.8 Å². The van der Waals surface area contributed by atoms with Gasteiger partial charge in [0.05, 0.1) is 0 Å². The van der Waals surface area contributed by atoms with E-state index >= 15 is 0 Å². The van der Waals surface area contributed by atoms with E-state index in [0.717, 1.165) is 11.9 Å². The summed E-state index contributed by atoms with van der Waals surface area (Å²) in [5.41, 5.74) is 9.19. The number of methoxy groups -OCH3 is 1. The van der Waals surface area contributed by atoms with Crippen LogP contribution >= 0.6 is 0 Å². The van der Waals surface area contributed by atoms with Gasteiger partial charge in [-0.05, 0) is 25.5 Å². The van der Waals surface area contributed by atoms with Gasteiger partial charge in [-0.15, -0.1) is 0 Å². The van der Waals surface area contributed by atoms with Crippen LogP contribution in [0.15, 0.2) is 24.5 Å². The molecule has 2 atom stereocenters. The Labute approximate surface area is 156 Å². The lowest BCUT2D eigenvalue weighted by atomic mass is 10.1. The van der Waals surface area contributed by atoms with Gasteiger partial charge in [0, 0.05) is 38.2 Å². The fraction of sp³-hybridized carbons (Fsp3) is 0.471. The largest absolute Gasteiger partial charge is 0.462 e. The molecule has 10 heteroatoms. The number of aromatic nitrogens is 1. The van der Waals surface area contributed by atoms with Crippen molar-refractivity contribution in [1.82, 2.24) is 10.3 Å². The van der Waals surface area contributed by atoms with E-state index in [2.05, 4.69) is 20.4 Å². The van der Waals surface area contributed by atoms with Crippen LogP contribution in [0.4, 0.5) is 5.69 Å². The zero-order chi connectivity index (χ0) is 20.1. The predicted octanol–water partition coefficient (Wildman–Crippen LogP) is 0.206. The maximum absolute atomic E-state index is 12.3. The number of carbonyl (C=O) groups excluding carboxylic acids is 3. The second-order valence-corrected chi connectivity index (χ2v) is 5.52. The van der Waals surface area contributed by atoms with Crippen molar-refractivity contribution >= 4 is 29.6 Å². The van der Waals surface area contributed by atoms with E-state index in [0.29, 0.717) is 6.54 Å². The molecule has 0 aliphatic rings. The summed E-state index contributed by atoms with van der Waals surface area (Å²) in [5.74, 6) is -1.65. The van der Waals surface area contributed by atoms with Crippen LogP contribution in [-0.4, -0.2) is 66.1 Å². The molecule has 0 bridgehead atoms. The molecule has 0 fully saturated rings. The number of nitrogens with one attached hydrogen (secondary N) is 2. The van der Waals surface area contributed by atoms with Crippen molar-refractivity contribution < 1.29 is 28.6 Å². The number of Topliss-reactive ketones (excluding diaryl/α,β-unsaturated/α-hetero) is 1. The van der Waals surface area contributed by atoms with Gasteiger partial charge in [-0.3, -0.25) is 14.6 Å². The molecule has 0 aliphatic carbocycles.